The molecule has 3 rings (SSSR count). The molecule has 1 aliphatic heterocycles. The molecule has 0 unspecified atom stereocenters. The molecule has 0 N–H and O–H groups in total. The minimum absolute atomic E-state index is 0.209. The number of piperazine rings is 1. The van der Waals surface area contributed by atoms with Gasteiger partial charge in [-0.05, 0) is 6.07 Å². The molecule has 1 aromatic heterocycles. The second-order valence-corrected chi connectivity index (χ2v) is 6.39. The number of aryl methyl sites for hydroxylation is 1. The molecule has 0 spiro atoms. The first-order valence-electron chi connectivity index (χ1n) is 8.86. The molecule has 1 saturated heterocycles. The largest absolute Gasteiger partial charge is 0.497 e. The van der Waals surface area contributed by atoms with Gasteiger partial charge in [-0.1, -0.05) is 6.07 Å². The van der Waals surface area contributed by atoms with Crippen molar-refractivity contribution in [2.24, 2.45) is 0 Å². The number of hydrogen-bond acceptors (Lipinski definition) is 5. The van der Waals surface area contributed by atoms with Crippen molar-refractivity contribution >= 4 is 5.91 Å². The fourth-order valence-corrected chi connectivity index (χ4v) is 3.18. The normalized spacial score (nSPS) is 15.1. The van der Waals surface area contributed by atoms with E-state index in [0.29, 0.717) is 13.0 Å². The van der Waals surface area contributed by atoms with Crippen molar-refractivity contribution in [2.75, 3.05) is 40.4 Å². The molecule has 0 bridgehead atoms. The molecule has 7 nitrogen and oxygen atoms in total. The van der Waals surface area contributed by atoms with Gasteiger partial charge in [0.05, 0.1) is 20.5 Å². The zero-order chi connectivity index (χ0) is 18.4. The number of aromatic nitrogens is 2. The predicted octanol–water partition coefficient (Wildman–Crippen LogP) is 1.63. The number of amides is 1. The Hall–Kier alpha value is -2.54. The highest BCUT2D eigenvalue weighted by molar-refractivity contribution is 5.76. The molecule has 1 amide bonds. The van der Waals surface area contributed by atoms with Crippen molar-refractivity contribution in [3.8, 4) is 11.5 Å². The first-order valence-corrected chi connectivity index (χ1v) is 8.86. The lowest BCUT2D eigenvalue weighted by Crippen LogP contribution is -2.48. The average molecular weight is 358 g/mol. The van der Waals surface area contributed by atoms with Gasteiger partial charge in [-0.2, -0.15) is 0 Å². The maximum absolute atomic E-state index is 12.4. The van der Waals surface area contributed by atoms with Crippen molar-refractivity contribution in [2.45, 2.75) is 19.5 Å². The van der Waals surface area contributed by atoms with Crippen LogP contribution < -0.4 is 9.47 Å². The zero-order valence-corrected chi connectivity index (χ0v) is 15.4. The molecule has 2 aromatic rings. The summed E-state index contributed by atoms with van der Waals surface area (Å²) >= 11 is 0. The Kier molecular flexibility index (Phi) is 6.12. The Morgan fingerprint density at radius 3 is 2.62 bits per heavy atom. The fourth-order valence-electron chi connectivity index (χ4n) is 3.18. The first kappa shape index (κ1) is 18.3. The van der Waals surface area contributed by atoms with Gasteiger partial charge in [0.15, 0.2) is 0 Å². The van der Waals surface area contributed by atoms with Crippen molar-refractivity contribution in [3.63, 3.8) is 0 Å². The van der Waals surface area contributed by atoms with Crippen LogP contribution in [0.1, 0.15) is 12.0 Å². The quantitative estimate of drug-likeness (QED) is 0.753. The predicted molar refractivity (Wildman–Crippen MR) is 98.2 cm³/mol. The standard InChI is InChI=1S/C19H26N4O3/c1-25-17-4-3-16(18(13-17)26-2)14-21-9-11-23(12-10-21)19(24)5-7-22-8-6-20-15-22/h3-4,6,8,13,15H,5,7,9-12,14H2,1-2H3. The average Bonchev–Trinajstić information content (AvgIpc) is 3.20. The van der Waals surface area contributed by atoms with Crippen LogP contribution in [0.5, 0.6) is 11.5 Å². The fraction of sp³-hybridized carbons (Fsp3) is 0.474. The number of hydrogen-bond donors (Lipinski definition) is 0. The minimum Gasteiger partial charge on any atom is -0.497 e. The number of methoxy groups -OCH3 is 2. The molecule has 0 saturated carbocycles. The van der Waals surface area contributed by atoms with Crippen LogP contribution in [0, 0.1) is 0 Å². The Balaban J connectivity index is 1.48. The lowest BCUT2D eigenvalue weighted by atomic mass is 10.1. The number of imidazole rings is 1. The smallest absolute Gasteiger partial charge is 0.224 e. The highest BCUT2D eigenvalue weighted by Crippen LogP contribution is 2.26. The Bertz CT molecular complexity index is 710. The monoisotopic (exact) mass is 358 g/mol. The lowest BCUT2D eigenvalue weighted by Gasteiger charge is -2.35. The molecule has 140 valence electrons. The Morgan fingerprint density at radius 2 is 1.96 bits per heavy atom. The van der Waals surface area contributed by atoms with Gasteiger partial charge in [0, 0.05) is 69.7 Å². The van der Waals surface area contributed by atoms with Crippen molar-refractivity contribution in [3.05, 3.63) is 42.5 Å². The third-order valence-corrected chi connectivity index (χ3v) is 4.76. The third-order valence-electron chi connectivity index (χ3n) is 4.76. The van der Waals surface area contributed by atoms with Crippen LogP contribution in [-0.2, 0) is 17.9 Å². The van der Waals surface area contributed by atoms with Gasteiger partial charge in [0.1, 0.15) is 11.5 Å². The number of nitrogens with zero attached hydrogens (tertiary/aromatic N) is 4. The molecule has 0 atom stereocenters. The summed E-state index contributed by atoms with van der Waals surface area (Å²) in [6.07, 6.45) is 5.88. The van der Waals surface area contributed by atoms with E-state index in [-0.39, 0.29) is 5.91 Å². The summed E-state index contributed by atoms with van der Waals surface area (Å²) in [6.45, 7) is 4.76. The van der Waals surface area contributed by atoms with E-state index in [9.17, 15) is 4.79 Å². The second kappa shape index (κ2) is 8.71. The number of carbonyl (C=O) groups is 1. The van der Waals surface area contributed by atoms with Gasteiger partial charge in [-0.3, -0.25) is 9.69 Å². The lowest BCUT2D eigenvalue weighted by molar-refractivity contribution is -0.133. The van der Waals surface area contributed by atoms with Gasteiger partial charge >= 0.3 is 0 Å². The van der Waals surface area contributed by atoms with Crippen LogP contribution in [0.25, 0.3) is 0 Å². The Morgan fingerprint density at radius 1 is 1.15 bits per heavy atom. The van der Waals surface area contributed by atoms with E-state index in [2.05, 4.69) is 9.88 Å². The molecule has 2 heterocycles. The maximum Gasteiger partial charge on any atom is 0.224 e. The van der Waals surface area contributed by atoms with Crippen LogP contribution in [0.2, 0.25) is 0 Å². The van der Waals surface area contributed by atoms with E-state index >= 15 is 0 Å². The summed E-state index contributed by atoms with van der Waals surface area (Å²) in [6, 6.07) is 5.90. The molecule has 7 heteroatoms. The number of carbonyl (C=O) groups excluding carboxylic acids is 1. The molecular formula is C19H26N4O3. The SMILES string of the molecule is COc1ccc(CN2CCN(C(=O)CCn3ccnc3)CC2)c(OC)c1. The number of benzene rings is 1. The van der Waals surface area contributed by atoms with E-state index in [4.69, 9.17) is 9.47 Å². The Labute approximate surface area is 154 Å². The maximum atomic E-state index is 12.4. The number of rotatable bonds is 7. The molecule has 1 fully saturated rings. The van der Waals surface area contributed by atoms with Gasteiger partial charge < -0.3 is 18.9 Å². The van der Waals surface area contributed by atoms with Gasteiger partial charge in [0.2, 0.25) is 5.91 Å². The highest BCUT2D eigenvalue weighted by atomic mass is 16.5. The van der Waals surface area contributed by atoms with E-state index in [1.165, 1.54) is 0 Å². The van der Waals surface area contributed by atoms with E-state index in [1.807, 2.05) is 33.9 Å². The minimum atomic E-state index is 0.209. The van der Waals surface area contributed by atoms with Crippen molar-refractivity contribution < 1.29 is 14.3 Å². The van der Waals surface area contributed by atoms with Crippen LogP contribution in [0.3, 0.4) is 0 Å². The third kappa shape index (κ3) is 4.54. The van der Waals surface area contributed by atoms with Gasteiger partial charge in [-0.15, -0.1) is 0 Å². The number of ether oxygens (including phenoxy) is 2. The molecular weight excluding hydrogens is 332 g/mol. The van der Waals surface area contributed by atoms with Gasteiger partial charge in [0.25, 0.3) is 0 Å². The summed E-state index contributed by atoms with van der Waals surface area (Å²) in [5.41, 5.74) is 1.13. The van der Waals surface area contributed by atoms with Crippen LogP contribution in [-0.4, -0.2) is 65.7 Å². The first-order chi connectivity index (χ1) is 12.7. The van der Waals surface area contributed by atoms with E-state index in [1.54, 1.807) is 26.7 Å². The summed E-state index contributed by atoms with van der Waals surface area (Å²) in [7, 11) is 3.33. The highest BCUT2D eigenvalue weighted by Gasteiger charge is 2.21. The van der Waals surface area contributed by atoms with Crippen molar-refractivity contribution in [1.82, 2.24) is 19.4 Å². The topological polar surface area (TPSA) is 59.8 Å². The van der Waals surface area contributed by atoms with E-state index in [0.717, 1.165) is 49.8 Å². The van der Waals surface area contributed by atoms with Crippen LogP contribution >= 0.6 is 0 Å². The summed E-state index contributed by atoms with van der Waals surface area (Å²) in [5.74, 6) is 1.84. The zero-order valence-electron chi connectivity index (χ0n) is 15.4. The van der Waals surface area contributed by atoms with E-state index < -0.39 is 0 Å². The second-order valence-electron chi connectivity index (χ2n) is 6.39. The molecule has 1 aromatic carbocycles. The summed E-state index contributed by atoms with van der Waals surface area (Å²) < 4.78 is 12.7. The molecule has 1 aliphatic rings. The van der Waals surface area contributed by atoms with Crippen LogP contribution in [0.4, 0.5) is 0 Å². The summed E-state index contributed by atoms with van der Waals surface area (Å²) in [5, 5.41) is 0. The molecule has 0 radical (unpaired) electrons. The molecule has 26 heavy (non-hydrogen) atoms. The van der Waals surface area contributed by atoms with Crippen molar-refractivity contribution in [1.29, 1.82) is 0 Å². The van der Waals surface area contributed by atoms with Crippen LogP contribution in [0.15, 0.2) is 36.9 Å². The summed E-state index contributed by atoms with van der Waals surface area (Å²) in [4.78, 5) is 20.7. The van der Waals surface area contributed by atoms with Gasteiger partial charge in [-0.25, -0.2) is 4.98 Å². The molecule has 0 aliphatic carbocycles.